The largest absolute Gasteiger partial charge is 0.433 e. The van der Waals surface area contributed by atoms with Crippen molar-refractivity contribution in [2.75, 3.05) is 6.61 Å². The molecule has 0 saturated carbocycles. The van der Waals surface area contributed by atoms with E-state index in [1.54, 1.807) is 0 Å². The Balaban J connectivity index is 2.20. The number of ether oxygens (including phenoxy) is 1. The van der Waals surface area contributed by atoms with Crippen LogP contribution in [0.25, 0.3) is 0 Å². The van der Waals surface area contributed by atoms with Crippen molar-refractivity contribution in [3.05, 3.63) is 28.1 Å². The summed E-state index contributed by atoms with van der Waals surface area (Å²) in [6.07, 6.45) is -14.1. The lowest BCUT2D eigenvalue weighted by atomic mass is 9.95. The maximum Gasteiger partial charge on any atom is 0.433 e. The highest BCUT2D eigenvalue weighted by Gasteiger charge is 2.48. The zero-order valence-corrected chi connectivity index (χ0v) is 12.8. The van der Waals surface area contributed by atoms with Gasteiger partial charge in [0.15, 0.2) is 0 Å². The maximum atomic E-state index is 13.6. The minimum absolute atomic E-state index is 0.117. The van der Waals surface area contributed by atoms with Gasteiger partial charge < -0.3 is 14.9 Å². The van der Waals surface area contributed by atoms with Gasteiger partial charge in [-0.2, -0.15) is 26.3 Å². The van der Waals surface area contributed by atoms with E-state index in [-0.39, 0.29) is 25.7 Å². The Morgan fingerprint density at radius 1 is 1.04 bits per heavy atom. The Bertz CT molecular complexity index is 673. The normalized spacial score (nSPS) is 27.0. The fourth-order valence-corrected chi connectivity index (χ4v) is 3.53. The first kappa shape index (κ1) is 18.4. The second kappa shape index (κ2) is 6.10. The molecule has 1 aliphatic heterocycles. The van der Waals surface area contributed by atoms with Gasteiger partial charge in [0.2, 0.25) is 0 Å². The van der Waals surface area contributed by atoms with Crippen molar-refractivity contribution in [1.82, 2.24) is 4.98 Å². The van der Waals surface area contributed by atoms with E-state index in [9.17, 15) is 31.4 Å². The molecule has 1 aromatic heterocycles. The van der Waals surface area contributed by atoms with Crippen LogP contribution >= 0.6 is 0 Å². The van der Waals surface area contributed by atoms with Crippen LogP contribution in [0.1, 0.15) is 47.0 Å². The molecule has 2 N–H and O–H groups in total. The SMILES string of the molecule is OC[C@H]1O[C@@H](c2nc(C(F)(F)F)c3c(c2C(F)(F)F)CCC3)C[C@@H]1O. The van der Waals surface area contributed by atoms with E-state index in [1.165, 1.54) is 0 Å². The molecule has 2 aliphatic rings. The molecule has 3 atom stereocenters. The van der Waals surface area contributed by atoms with Crippen molar-refractivity contribution in [2.45, 2.75) is 56.3 Å². The fraction of sp³-hybridized carbons (Fsp3) is 0.667. The summed E-state index contributed by atoms with van der Waals surface area (Å²) in [4.78, 5) is 3.30. The molecular weight excluding hydrogens is 356 g/mol. The number of rotatable bonds is 2. The zero-order chi connectivity index (χ0) is 18.6. The lowest BCUT2D eigenvalue weighted by molar-refractivity contribution is -0.147. The van der Waals surface area contributed by atoms with Crippen molar-refractivity contribution in [1.29, 1.82) is 0 Å². The summed E-state index contributed by atoms with van der Waals surface area (Å²) >= 11 is 0. The van der Waals surface area contributed by atoms with Gasteiger partial charge in [0, 0.05) is 6.42 Å². The van der Waals surface area contributed by atoms with Crippen LogP contribution in [0.3, 0.4) is 0 Å². The molecule has 0 aromatic carbocycles. The van der Waals surface area contributed by atoms with Gasteiger partial charge in [0.05, 0.1) is 24.0 Å². The van der Waals surface area contributed by atoms with Crippen molar-refractivity contribution in [3.8, 4) is 0 Å². The summed E-state index contributed by atoms with van der Waals surface area (Å²) < 4.78 is 85.7. The third kappa shape index (κ3) is 3.22. The predicted molar refractivity (Wildman–Crippen MR) is 71.6 cm³/mol. The van der Waals surface area contributed by atoms with Gasteiger partial charge >= 0.3 is 12.4 Å². The van der Waals surface area contributed by atoms with Gasteiger partial charge in [-0.25, -0.2) is 4.98 Å². The van der Waals surface area contributed by atoms with Crippen LogP contribution in [0.4, 0.5) is 26.3 Å². The average molecular weight is 371 g/mol. The quantitative estimate of drug-likeness (QED) is 0.785. The first-order chi connectivity index (χ1) is 11.5. The molecule has 0 spiro atoms. The number of aliphatic hydroxyl groups excluding tert-OH is 2. The Hall–Kier alpha value is -1.39. The van der Waals surface area contributed by atoms with Gasteiger partial charge in [-0.3, -0.25) is 0 Å². The molecule has 3 rings (SSSR count). The van der Waals surface area contributed by atoms with E-state index in [0.29, 0.717) is 0 Å². The maximum absolute atomic E-state index is 13.6. The summed E-state index contributed by atoms with van der Waals surface area (Å²) in [6.45, 7) is -0.657. The Morgan fingerprint density at radius 3 is 2.20 bits per heavy atom. The molecule has 0 bridgehead atoms. The number of aromatic nitrogens is 1. The van der Waals surface area contributed by atoms with Gasteiger partial charge in [0.1, 0.15) is 17.9 Å². The number of hydrogen-bond donors (Lipinski definition) is 2. The van der Waals surface area contributed by atoms with Crippen LogP contribution in [-0.4, -0.2) is 34.0 Å². The number of pyridine rings is 1. The summed E-state index contributed by atoms with van der Waals surface area (Å²) in [5, 5.41) is 18.8. The standard InChI is InChI=1S/C15H15F6NO3/c16-14(17,18)11-6-2-1-3-7(6)13(15(19,20)21)22-12(11)9-4-8(24)10(5-23)25-9/h8-10,23-24H,1-5H2/t8-,9+,10+/m0/s1. The molecule has 1 saturated heterocycles. The summed E-state index contributed by atoms with van der Waals surface area (Å²) in [5.74, 6) is 0. The van der Waals surface area contributed by atoms with E-state index in [1.807, 2.05) is 0 Å². The van der Waals surface area contributed by atoms with Crippen LogP contribution in [0.5, 0.6) is 0 Å². The highest BCUT2D eigenvalue weighted by atomic mass is 19.4. The molecule has 0 amide bonds. The van der Waals surface area contributed by atoms with Crippen LogP contribution in [0.15, 0.2) is 0 Å². The molecule has 0 unspecified atom stereocenters. The Morgan fingerprint density at radius 2 is 1.68 bits per heavy atom. The highest BCUT2D eigenvalue weighted by molar-refractivity contribution is 5.47. The van der Waals surface area contributed by atoms with Crippen molar-refractivity contribution < 1.29 is 41.3 Å². The second-order valence-electron chi connectivity index (χ2n) is 6.18. The van der Waals surface area contributed by atoms with Crippen molar-refractivity contribution in [2.24, 2.45) is 0 Å². The lowest BCUT2D eigenvalue weighted by Crippen LogP contribution is -2.24. The average Bonchev–Trinajstić information content (AvgIpc) is 3.09. The smallest absolute Gasteiger partial charge is 0.394 e. The topological polar surface area (TPSA) is 62.6 Å². The minimum Gasteiger partial charge on any atom is -0.394 e. The third-order valence-corrected chi connectivity index (χ3v) is 4.55. The Labute approximate surface area is 138 Å². The molecular formula is C15H15F6NO3. The number of nitrogens with zero attached hydrogens (tertiary/aromatic N) is 1. The number of alkyl halides is 6. The van der Waals surface area contributed by atoms with Crippen LogP contribution < -0.4 is 0 Å². The van der Waals surface area contributed by atoms with Crippen molar-refractivity contribution >= 4 is 0 Å². The van der Waals surface area contributed by atoms with Crippen LogP contribution in [0, 0.1) is 0 Å². The van der Waals surface area contributed by atoms with Gasteiger partial charge in [-0.05, 0) is 30.4 Å². The molecule has 25 heavy (non-hydrogen) atoms. The first-order valence-corrected chi connectivity index (χ1v) is 7.68. The van der Waals surface area contributed by atoms with E-state index in [4.69, 9.17) is 9.84 Å². The van der Waals surface area contributed by atoms with Crippen LogP contribution in [-0.2, 0) is 29.9 Å². The van der Waals surface area contributed by atoms with E-state index in [2.05, 4.69) is 4.98 Å². The van der Waals surface area contributed by atoms with Gasteiger partial charge in [0.25, 0.3) is 0 Å². The summed E-state index contributed by atoms with van der Waals surface area (Å²) in [5.41, 5.74) is -4.20. The molecule has 0 radical (unpaired) electrons. The molecule has 1 aliphatic carbocycles. The van der Waals surface area contributed by atoms with Crippen molar-refractivity contribution in [3.63, 3.8) is 0 Å². The number of fused-ring (bicyclic) bond motifs is 1. The minimum atomic E-state index is -4.90. The Kier molecular flexibility index (Phi) is 4.49. The fourth-order valence-electron chi connectivity index (χ4n) is 3.53. The van der Waals surface area contributed by atoms with E-state index in [0.717, 1.165) is 0 Å². The number of aliphatic hydroxyl groups is 2. The van der Waals surface area contributed by atoms with Gasteiger partial charge in [-0.15, -0.1) is 0 Å². The lowest BCUT2D eigenvalue weighted by Gasteiger charge is -2.23. The summed E-state index contributed by atoms with van der Waals surface area (Å²) in [7, 11) is 0. The first-order valence-electron chi connectivity index (χ1n) is 7.68. The molecule has 1 aromatic rings. The molecule has 10 heteroatoms. The predicted octanol–water partition coefficient (Wildman–Crippen LogP) is 2.79. The number of halogens is 6. The molecule has 4 nitrogen and oxygen atoms in total. The number of hydrogen-bond acceptors (Lipinski definition) is 4. The highest BCUT2D eigenvalue weighted by Crippen LogP contribution is 2.47. The third-order valence-electron chi connectivity index (χ3n) is 4.55. The molecule has 1 fully saturated rings. The summed E-state index contributed by atoms with van der Waals surface area (Å²) in [6, 6.07) is 0. The van der Waals surface area contributed by atoms with E-state index >= 15 is 0 Å². The zero-order valence-electron chi connectivity index (χ0n) is 12.8. The monoisotopic (exact) mass is 371 g/mol. The molecule has 2 heterocycles. The molecule has 140 valence electrons. The van der Waals surface area contributed by atoms with Crippen LogP contribution in [0.2, 0.25) is 0 Å². The van der Waals surface area contributed by atoms with E-state index < -0.39 is 65.3 Å². The second-order valence-corrected chi connectivity index (χ2v) is 6.18. The van der Waals surface area contributed by atoms with Gasteiger partial charge in [-0.1, -0.05) is 0 Å².